The van der Waals surface area contributed by atoms with Crippen molar-refractivity contribution in [2.75, 3.05) is 26.2 Å². The van der Waals surface area contributed by atoms with E-state index in [2.05, 4.69) is 0 Å². The van der Waals surface area contributed by atoms with E-state index in [1.807, 2.05) is 0 Å². The van der Waals surface area contributed by atoms with Gasteiger partial charge >= 0.3 is 11.8 Å². The number of piperidine rings is 1. The zero-order valence-corrected chi connectivity index (χ0v) is 17.7. The van der Waals surface area contributed by atoms with Gasteiger partial charge in [0.2, 0.25) is 0 Å². The van der Waals surface area contributed by atoms with E-state index >= 15 is 0 Å². The zero-order chi connectivity index (χ0) is 22.0. The lowest BCUT2D eigenvalue weighted by Crippen LogP contribution is -2.59. The summed E-state index contributed by atoms with van der Waals surface area (Å²) in [7, 11) is 0. The molecule has 0 aromatic heterocycles. The minimum atomic E-state index is -0.534. The number of hydrogen-bond donors (Lipinski definition) is 0. The lowest BCUT2D eigenvalue weighted by Gasteiger charge is -2.42. The van der Waals surface area contributed by atoms with Crippen LogP contribution >= 0.6 is 11.6 Å². The highest BCUT2D eigenvalue weighted by Gasteiger charge is 2.38. The third-order valence-electron chi connectivity index (χ3n) is 5.89. The molecule has 2 aromatic carbocycles. The largest absolute Gasteiger partial charge is 0.338 e. The molecule has 0 aliphatic carbocycles. The van der Waals surface area contributed by atoms with E-state index in [4.69, 9.17) is 11.6 Å². The third-order valence-corrected chi connectivity index (χ3v) is 6.13. The number of piperazine rings is 1. The highest BCUT2D eigenvalue weighted by atomic mass is 35.5. The second-order valence-corrected chi connectivity index (χ2v) is 8.32. The second-order valence-electron chi connectivity index (χ2n) is 7.89. The van der Waals surface area contributed by atoms with Crippen LogP contribution in [0, 0.1) is 5.82 Å². The number of amides is 3. The first-order valence-corrected chi connectivity index (χ1v) is 10.7. The van der Waals surface area contributed by atoms with E-state index < -0.39 is 11.8 Å². The molecule has 2 aromatic rings. The number of likely N-dealkylation sites (tertiary alicyclic amines) is 1. The Balaban J connectivity index is 1.33. The Morgan fingerprint density at radius 1 is 0.968 bits per heavy atom. The minimum Gasteiger partial charge on any atom is -0.338 e. The molecule has 3 amide bonds. The first-order valence-electron chi connectivity index (χ1n) is 10.3. The maximum Gasteiger partial charge on any atom is 0.312 e. The van der Waals surface area contributed by atoms with Gasteiger partial charge in [-0.2, -0.15) is 0 Å². The fraction of sp³-hybridized carbons (Fsp3) is 0.348. The van der Waals surface area contributed by atoms with Gasteiger partial charge in [-0.05, 0) is 48.7 Å². The van der Waals surface area contributed by atoms with Crippen LogP contribution in [0.15, 0.2) is 48.5 Å². The van der Waals surface area contributed by atoms with E-state index in [-0.39, 0.29) is 24.3 Å². The molecule has 0 radical (unpaired) electrons. The van der Waals surface area contributed by atoms with Crippen molar-refractivity contribution in [1.82, 2.24) is 14.7 Å². The highest BCUT2D eigenvalue weighted by molar-refractivity contribution is 6.35. The van der Waals surface area contributed by atoms with Crippen molar-refractivity contribution in [3.8, 4) is 0 Å². The van der Waals surface area contributed by atoms with Gasteiger partial charge in [-0.25, -0.2) is 4.39 Å². The number of carbonyl (C=O) groups is 3. The zero-order valence-electron chi connectivity index (χ0n) is 17.0. The van der Waals surface area contributed by atoms with E-state index in [0.717, 1.165) is 5.56 Å². The van der Waals surface area contributed by atoms with Gasteiger partial charge in [0.05, 0.1) is 0 Å². The number of carbonyl (C=O) groups excluding carboxylic acids is 3. The molecule has 0 saturated carbocycles. The summed E-state index contributed by atoms with van der Waals surface area (Å²) in [5.74, 6) is -1.45. The lowest BCUT2D eigenvalue weighted by molar-refractivity contribution is -0.158. The van der Waals surface area contributed by atoms with Gasteiger partial charge in [0, 0.05) is 49.4 Å². The van der Waals surface area contributed by atoms with E-state index in [1.54, 1.807) is 46.2 Å². The second kappa shape index (κ2) is 9.06. The average Bonchev–Trinajstić information content (AvgIpc) is 2.78. The topological polar surface area (TPSA) is 60.9 Å². The number of benzene rings is 2. The van der Waals surface area contributed by atoms with Gasteiger partial charge in [-0.1, -0.05) is 29.8 Å². The lowest BCUT2D eigenvalue weighted by atomic mass is 10.0. The smallest absolute Gasteiger partial charge is 0.312 e. The summed E-state index contributed by atoms with van der Waals surface area (Å²) in [4.78, 5) is 43.0. The van der Waals surface area contributed by atoms with Crippen LogP contribution in [0.1, 0.15) is 28.8 Å². The fourth-order valence-electron chi connectivity index (χ4n) is 4.18. The Morgan fingerprint density at radius 3 is 2.35 bits per heavy atom. The Kier molecular flexibility index (Phi) is 6.23. The normalized spacial score (nSPS) is 17.9. The van der Waals surface area contributed by atoms with Crippen LogP contribution in [0.3, 0.4) is 0 Å². The van der Waals surface area contributed by atoms with Crippen LogP contribution in [-0.4, -0.2) is 64.6 Å². The molecule has 0 atom stereocenters. The molecule has 2 aliphatic rings. The fourth-order valence-corrected chi connectivity index (χ4v) is 4.37. The first kappa shape index (κ1) is 21.3. The van der Waals surface area contributed by atoms with Crippen LogP contribution in [0.4, 0.5) is 4.39 Å². The molecule has 2 aliphatic heterocycles. The van der Waals surface area contributed by atoms with Gasteiger partial charge < -0.3 is 14.7 Å². The number of rotatable bonds is 4. The molecule has 2 fully saturated rings. The van der Waals surface area contributed by atoms with E-state index in [9.17, 15) is 18.8 Å². The molecule has 162 valence electrons. The van der Waals surface area contributed by atoms with Gasteiger partial charge in [-0.15, -0.1) is 0 Å². The molecular weight excluding hydrogens is 421 g/mol. The molecule has 31 heavy (non-hydrogen) atoms. The van der Waals surface area contributed by atoms with Gasteiger partial charge in [-0.3, -0.25) is 14.4 Å². The predicted molar refractivity (Wildman–Crippen MR) is 114 cm³/mol. The van der Waals surface area contributed by atoms with E-state index in [1.165, 1.54) is 17.0 Å². The van der Waals surface area contributed by atoms with Crippen molar-refractivity contribution >= 4 is 29.3 Å². The Bertz CT molecular complexity index is 990. The number of halogens is 2. The van der Waals surface area contributed by atoms with Crippen LogP contribution in [0.25, 0.3) is 0 Å². The molecule has 6 nitrogen and oxygen atoms in total. The molecule has 2 saturated heterocycles. The summed E-state index contributed by atoms with van der Waals surface area (Å²) in [5.41, 5.74) is 1.33. The molecule has 0 spiro atoms. The van der Waals surface area contributed by atoms with E-state index in [0.29, 0.717) is 49.6 Å². The third kappa shape index (κ3) is 4.71. The summed E-state index contributed by atoms with van der Waals surface area (Å²) in [6, 6.07) is 12.7. The Labute approximate surface area is 185 Å². The van der Waals surface area contributed by atoms with Crippen LogP contribution in [0.2, 0.25) is 5.02 Å². The quantitative estimate of drug-likeness (QED) is 0.682. The first-order chi connectivity index (χ1) is 14.9. The van der Waals surface area contributed by atoms with Crippen LogP contribution in [0.5, 0.6) is 0 Å². The number of nitrogens with zero attached hydrogens (tertiary/aromatic N) is 3. The van der Waals surface area contributed by atoms with Crippen molar-refractivity contribution in [2.24, 2.45) is 0 Å². The highest BCUT2D eigenvalue weighted by Crippen LogP contribution is 2.22. The molecule has 2 heterocycles. The van der Waals surface area contributed by atoms with Crippen LogP contribution in [-0.2, 0) is 16.1 Å². The van der Waals surface area contributed by atoms with Crippen molar-refractivity contribution in [3.05, 3.63) is 70.5 Å². The standard InChI is InChI=1S/C23H23ClFN3O3/c24-18-3-1-2-17(14-18)21(29)26-10-8-20(9-11-26)28-13-12-27(22(30)23(28)31)15-16-4-6-19(25)7-5-16/h1-7,14,20H,8-13,15H2. The SMILES string of the molecule is O=C1C(=O)N(C2CCN(C(=O)c3cccc(Cl)c3)CC2)CCN1Cc1ccc(F)cc1. The molecule has 0 N–H and O–H groups in total. The Hall–Kier alpha value is -2.93. The van der Waals surface area contributed by atoms with Gasteiger partial charge in [0.25, 0.3) is 5.91 Å². The van der Waals surface area contributed by atoms with Crippen molar-refractivity contribution in [3.63, 3.8) is 0 Å². The van der Waals surface area contributed by atoms with Crippen molar-refractivity contribution in [1.29, 1.82) is 0 Å². The molecule has 4 rings (SSSR count). The van der Waals surface area contributed by atoms with Gasteiger partial charge in [0.1, 0.15) is 5.82 Å². The van der Waals surface area contributed by atoms with Crippen LogP contribution < -0.4 is 0 Å². The minimum absolute atomic E-state index is 0.0622. The average molecular weight is 444 g/mol. The van der Waals surface area contributed by atoms with Crippen molar-refractivity contribution in [2.45, 2.75) is 25.4 Å². The summed E-state index contributed by atoms with van der Waals surface area (Å²) < 4.78 is 13.1. The summed E-state index contributed by atoms with van der Waals surface area (Å²) >= 11 is 5.98. The van der Waals surface area contributed by atoms with Gasteiger partial charge in [0.15, 0.2) is 0 Å². The molecular formula is C23H23ClFN3O3. The maximum atomic E-state index is 13.1. The summed E-state index contributed by atoms with van der Waals surface area (Å²) in [5, 5.41) is 0.517. The number of hydrogen-bond acceptors (Lipinski definition) is 3. The monoisotopic (exact) mass is 443 g/mol. The summed E-state index contributed by atoms with van der Waals surface area (Å²) in [6.45, 7) is 2.22. The van der Waals surface area contributed by atoms with Crippen molar-refractivity contribution < 1.29 is 18.8 Å². The maximum absolute atomic E-state index is 13.1. The predicted octanol–water partition coefficient (Wildman–Crippen LogP) is 2.95. The molecule has 8 heteroatoms. The molecule has 0 unspecified atom stereocenters. The molecule has 0 bridgehead atoms. The summed E-state index contributed by atoms with van der Waals surface area (Å²) in [6.07, 6.45) is 1.26. The Morgan fingerprint density at radius 2 is 1.68 bits per heavy atom.